The molecule has 1 amide bonds. The summed E-state index contributed by atoms with van der Waals surface area (Å²) in [6.07, 6.45) is 14.6. The molecule has 1 heterocycles. The first kappa shape index (κ1) is 27.3. The lowest BCUT2D eigenvalue weighted by molar-refractivity contribution is -0.150. The smallest absolute Gasteiger partial charge is 0.309 e. The number of esters is 1. The monoisotopic (exact) mass is 465 g/mol. The van der Waals surface area contributed by atoms with Crippen molar-refractivity contribution in [2.24, 2.45) is 5.92 Å². The van der Waals surface area contributed by atoms with Crippen molar-refractivity contribution in [1.29, 1.82) is 0 Å². The van der Waals surface area contributed by atoms with E-state index in [4.69, 9.17) is 4.74 Å². The molecule has 2 rings (SSSR count). The molecule has 0 bridgehead atoms. The van der Waals surface area contributed by atoms with Crippen molar-refractivity contribution in [1.82, 2.24) is 4.90 Å². The second-order valence-electron chi connectivity index (χ2n) is 9.32. The Balaban J connectivity index is 1.57. The van der Waals surface area contributed by atoms with Crippen LogP contribution < -0.4 is 0 Å². The molecule has 0 aromatic heterocycles. The average Bonchev–Trinajstić information content (AvgIpc) is 2.82. The van der Waals surface area contributed by atoms with Crippen molar-refractivity contribution in [2.75, 3.05) is 19.7 Å². The van der Waals surface area contributed by atoms with Gasteiger partial charge in [0.05, 0.1) is 12.5 Å². The molecule has 1 aromatic carbocycles. The van der Waals surface area contributed by atoms with Crippen molar-refractivity contribution >= 4 is 11.9 Å². The first-order valence-electron chi connectivity index (χ1n) is 12.9. The van der Waals surface area contributed by atoms with E-state index in [1.54, 1.807) is 0 Å². The third-order valence-corrected chi connectivity index (χ3v) is 6.61. The minimum absolute atomic E-state index is 0.220. The Hall–Kier alpha value is -1.98. The number of benzene rings is 1. The highest BCUT2D eigenvalue weighted by Gasteiger charge is 2.31. The van der Waals surface area contributed by atoms with E-state index in [0.29, 0.717) is 32.5 Å². The van der Waals surface area contributed by atoms with Crippen LogP contribution >= 0.6 is 0 Å². The van der Waals surface area contributed by atoms with Crippen LogP contribution in [0.15, 0.2) is 12.1 Å². The van der Waals surface area contributed by atoms with Crippen LogP contribution in [0.25, 0.3) is 0 Å². The number of hydrogen-bond donors (Lipinski definition) is 0. The lowest BCUT2D eigenvalue weighted by atomic mass is 9.96. The number of amides is 1. The lowest BCUT2D eigenvalue weighted by Crippen LogP contribution is -2.41. The van der Waals surface area contributed by atoms with Gasteiger partial charge in [0.1, 0.15) is 17.2 Å². The van der Waals surface area contributed by atoms with Crippen LogP contribution in [0.2, 0.25) is 0 Å². The summed E-state index contributed by atoms with van der Waals surface area (Å²) in [4.78, 5) is 26.4. The number of carbonyl (C=O) groups is 2. The van der Waals surface area contributed by atoms with Gasteiger partial charge in [-0.1, -0.05) is 77.2 Å². The van der Waals surface area contributed by atoms with Crippen LogP contribution in [0, 0.1) is 24.5 Å². The van der Waals surface area contributed by atoms with E-state index < -0.39 is 23.1 Å². The summed E-state index contributed by atoms with van der Waals surface area (Å²) in [5.74, 6) is -2.79. The molecule has 1 saturated heterocycles. The average molecular weight is 466 g/mol. The van der Waals surface area contributed by atoms with Crippen LogP contribution in [0.4, 0.5) is 8.78 Å². The number of nitrogens with zero attached hydrogens (tertiary/aromatic N) is 1. The van der Waals surface area contributed by atoms with Crippen LogP contribution in [0.3, 0.4) is 0 Å². The van der Waals surface area contributed by atoms with Crippen LogP contribution in [0.5, 0.6) is 0 Å². The summed E-state index contributed by atoms with van der Waals surface area (Å²) in [6, 6.07) is 2.43. The molecular weight excluding hydrogens is 424 g/mol. The first-order chi connectivity index (χ1) is 16.0. The minimum atomic E-state index is -0.850. The van der Waals surface area contributed by atoms with Crippen molar-refractivity contribution in [3.63, 3.8) is 0 Å². The summed E-state index contributed by atoms with van der Waals surface area (Å²) >= 11 is 0. The SMILES string of the molecule is CCCCCCCCCCCCCOC(=O)C1CCN(C(=O)c2c(F)ccc(C)c2F)CC1. The highest BCUT2D eigenvalue weighted by molar-refractivity contribution is 5.95. The molecule has 0 aliphatic carbocycles. The van der Waals surface area contributed by atoms with Gasteiger partial charge < -0.3 is 9.64 Å². The zero-order valence-electron chi connectivity index (χ0n) is 20.5. The molecule has 33 heavy (non-hydrogen) atoms. The third-order valence-electron chi connectivity index (χ3n) is 6.61. The molecule has 0 atom stereocenters. The number of carbonyl (C=O) groups excluding carboxylic acids is 2. The highest BCUT2D eigenvalue weighted by Crippen LogP contribution is 2.24. The Bertz CT molecular complexity index is 745. The predicted octanol–water partition coefficient (Wildman–Crippen LogP) is 6.98. The minimum Gasteiger partial charge on any atom is -0.465 e. The normalized spacial score (nSPS) is 14.5. The van der Waals surface area contributed by atoms with Crippen molar-refractivity contribution in [2.45, 2.75) is 97.3 Å². The van der Waals surface area contributed by atoms with Crippen molar-refractivity contribution in [3.8, 4) is 0 Å². The Morgan fingerprint density at radius 2 is 1.45 bits per heavy atom. The lowest BCUT2D eigenvalue weighted by Gasteiger charge is -2.31. The van der Waals surface area contributed by atoms with Gasteiger partial charge in [0.25, 0.3) is 5.91 Å². The van der Waals surface area contributed by atoms with Crippen LogP contribution in [0.1, 0.15) is 106 Å². The fourth-order valence-electron chi connectivity index (χ4n) is 4.39. The van der Waals surface area contributed by atoms with Crippen molar-refractivity contribution < 1.29 is 23.1 Å². The van der Waals surface area contributed by atoms with Gasteiger partial charge in [0.2, 0.25) is 0 Å². The standard InChI is InChI=1S/C27H41F2NO3/c1-3-4-5-6-7-8-9-10-11-12-13-20-33-27(32)22-16-18-30(19-17-22)26(31)24-23(28)15-14-21(2)25(24)29/h14-15,22H,3-13,16-20H2,1-2H3. The van der Waals surface area contributed by atoms with Gasteiger partial charge in [-0.25, -0.2) is 8.78 Å². The summed E-state index contributed by atoms with van der Waals surface area (Å²) in [6.45, 7) is 4.77. The molecule has 0 spiro atoms. The summed E-state index contributed by atoms with van der Waals surface area (Å²) in [5, 5.41) is 0. The number of halogens is 2. The van der Waals surface area contributed by atoms with E-state index in [1.165, 1.54) is 75.7 Å². The Morgan fingerprint density at radius 3 is 2.03 bits per heavy atom. The second kappa shape index (κ2) is 15.0. The molecular formula is C27H41F2NO3. The molecule has 1 aliphatic heterocycles. The van der Waals surface area contributed by atoms with Gasteiger partial charge in [-0.05, 0) is 37.8 Å². The number of unbranched alkanes of at least 4 members (excludes halogenated alkanes) is 10. The fraction of sp³-hybridized carbons (Fsp3) is 0.704. The molecule has 186 valence electrons. The van der Waals surface area contributed by atoms with Gasteiger partial charge >= 0.3 is 5.97 Å². The largest absolute Gasteiger partial charge is 0.465 e. The molecule has 0 radical (unpaired) electrons. The topological polar surface area (TPSA) is 46.6 Å². The predicted molar refractivity (Wildman–Crippen MR) is 127 cm³/mol. The van der Waals surface area contributed by atoms with E-state index >= 15 is 0 Å². The number of rotatable bonds is 14. The molecule has 1 aliphatic rings. The van der Waals surface area contributed by atoms with Crippen LogP contribution in [-0.4, -0.2) is 36.5 Å². The maximum absolute atomic E-state index is 14.3. The molecule has 4 nitrogen and oxygen atoms in total. The number of hydrogen-bond acceptors (Lipinski definition) is 3. The number of ether oxygens (including phenoxy) is 1. The van der Waals surface area contributed by atoms with Crippen LogP contribution in [-0.2, 0) is 9.53 Å². The summed E-state index contributed by atoms with van der Waals surface area (Å²) < 4.78 is 33.7. The first-order valence-corrected chi connectivity index (χ1v) is 12.9. The second-order valence-corrected chi connectivity index (χ2v) is 9.32. The Kier molecular flexibility index (Phi) is 12.4. The van der Waals surface area contributed by atoms with E-state index in [0.717, 1.165) is 18.9 Å². The molecule has 6 heteroatoms. The maximum atomic E-state index is 14.3. The molecule has 1 fully saturated rings. The summed E-state index contributed by atoms with van der Waals surface area (Å²) in [5.41, 5.74) is -0.270. The van der Waals surface area contributed by atoms with E-state index in [2.05, 4.69) is 6.92 Å². The number of aryl methyl sites for hydroxylation is 1. The van der Waals surface area contributed by atoms with Crippen molar-refractivity contribution in [3.05, 3.63) is 34.9 Å². The van der Waals surface area contributed by atoms with Gasteiger partial charge in [0.15, 0.2) is 0 Å². The van der Waals surface area contributed by atoms with E-state index in [1.807, 2.05) is 0 Å². The summed E-state index contributed by atoms with van der Waals surface area (Å²) in [7, 11) is 0. The molecule has 0 saturated carbocycles. The quantitative estimate of drug-likeness (QED) is 0.220. The highest BCUT2D eigenvalue weighted by atomic mass is 19.1. The Morgan fingerprint density at radius 1 is 0.909 bits per heavy atom. The molecule has 0 N–H and O–H groups in total. The number of likely N-dealkylation sites (tertiary alicyclic amines) is 1. The molecule has 0 unspecified atom stereocenters. The fourth-order valence-corrected chi connectivity index (χ4v) is 4.39. The van der Waals surface area contributed by atoms with Gasteiger partial charge in [-0.3, -0.25) is 9.59 Å². The Labute approximate surface area is 198 Å². The van der Waals surface area contributed by atoms with E-state index in [-0.39, 0.29) is 17.5 Å². The van der Waals surface area contributed by atoms with Gasteiger partial charge in [0, 0.05) is 13.1 Å². The zero-order chi connectivity index (χ0) is 24.1. The third kappa shape index (κ3) is 9.05. The van der Waals surface area contributed by atoms with Gasteiger partial charge in [-0.2, -0.15) is 0 Å². The zero-order valence-corrected chi connectivity index (χ0v) is 20.5. The molecule has 1 aromatic rings. The maximum Gasteiger partial charge on any atom is 0.309 e. The van der Waals surface area contributed by atoms with E-state index in [9.17, 15) is 18.4 Å². The van der Waals surface area contributed by atoms with Gasteiger partial charge in [-0.15, -0.1) is 0 Å². The number of piperidine rings is 1.